The summed E-state index contributed by atoms with van der Waals surface area (Å²) in [6.07, 6.45) is 0. The Hall–Kier alpha value is 1.69. The number of rotatable bonds is 3. The minimum Gasteiger partial charge on any atom is -0.793 e. The summed E-state index contributed by atoms with van der Waals surface area (Å²) in [6, 6.07) is 0. The molecule has 0 aliphatic heterocycles. The van der Waals surface area contributed by atoms with Crippen molar-refractivity contribution in [3.8, 4) is 0 Å². The molecular formula is C12H27KO4Si. The van der Waals surface area contributed by atoms with Crippen LogP contribution in [0.15, 0.2) is 0 Å². The van der Waals surface area contributed by atoms with E-state index in [0.29, 0.717) is 0 Å². The molecule has 104 valence electrons. The maximum atomic E-state index is 12.6. The van der Waals surface area contributed by atoms with Gasteiger partial charge in [0.1, 0.15) is 0 Å². The molecule has 0 aliphatic rings. The molecule has 0 N–H and O–H groups in total. The van der Waals surface area contributed by atoms with Crippen molar-refractivity contribution in [1.29, 1.82) is 0 Å². The molecular weight excluding hydrogens is 275 g/mol. The third-order valence-electron chi connectivity index (χ3n) is 1.29. The third-order valence-corrected chi connectivity index (χ3v) is 3.88. The van der Waals surface area contributed by atoms with Crippen molar-refractivity contribution in [2.45, 2.75) is 79.1 Å². The molecule has 0 bridgehead atoms. The summed E-state index contributed by atoms with van der Waals surface area (Å²) in [5, 5.41) is 0. The zero-order valence-electron chi connectivity index (χ0n) is 13.6. The van der Waals surface area contributed by atoms with E-state index in [1.807, 2.05) is 62.3 Å². The molecule has 0 aromatic carbocycles. The van der Waals surface area contributed by atoms with Crippen LogP contribution in [0.25, 0.3) is 0 Å². The molecule has 0 rings (SSSR count). The summed E-state index contributed by atoms with van der Waals surface area (Å²) in [5.74, 6) is 0. The van der Waals surface area contributed by atoms with Gasteiger partial charge in [0.15, 0.2) is 0 Å². The SMILES string of the molecule is CC(C)(C)O[Si]([O-])(OC(C)(C)C)OC(C)(C)C.[K+]. The van der Waals surface area contributed by atoms with E-state index in [0.717, 1.165) is 0 Å². The van der Waals surface area contributed by atoms with Gasteiger partial charge in [-0.2, -0.15) is 0 Å². The van der Waals surface area contributed by atoms with E-state index < -0.39 is 25.9 Å². The first-order chi connectivity index (χ1) is 7.12. The van der Waals surface area contributed by atoms with Crippen molar-refractivity contribution >= 4 is 9.05 Å². The van der Waals surface area contributed by atoms with Gasteiger partial charge in [0.25, 0.3) is 0 Å². The Balaban J connectivity index is 0. The van der Waals surface area contributed by atoms with Crippen LogP contribution >= 0.6 is 0 Å². The van der Waals surface area contributed by atoms with E-state index in [-0.39, 0.29) is 51.4 Å². The van der Waals surface area contributed by atoms with Gasteiger partial charge in [0, 0.05) is 0 Å². The van der Waals surface area contributed by atoms with Crippen LogP contribution in [0.4, 0.5) is 0 Å². The minimum absolute atomic E-state index is 0. The predicted molar refractivity (Wildman–Crippen MR) is 68.3 cm³/mol. The molecule has 0 aromatic rings. The van der Waals surface area contributed by atoms with Crippen LogP contribution < -0.4 is 56.2 Å². The van der Waals surface area contributed by atoms with Crippen molar-refractivity contribution in [2.75, 3.05) is 0 Å². The topological polar surface area (TPSA) is 50.8 Å². The van der Waals surface area contributed by atoms with Gasteiger partial charge >= 0.3 is 60.4 Å². The standard InChI is InChI=1S/C12H27O4Si.K/c1-10(2,3)14-17(13,15-11(4,5)6)16-12(7,8)9;/h1-9H3;/q-1;+1. The second-order valence-corrected chi connectivity index (χ2v) is 8.76. The fraction of sp³-hybridized carbons (Fsp3) is 1.00. The largest absolute Gasteiger partial charge is 1.00 e. The zero-order chi connectivity index (χ0) is 14.1. The smallest absolute Gasteiger partial charge is 0.793 e. The molecule has 0 amide bonds. The molecule has 0 saturated heterocycles. The fourth-order valence-corrected chi connectivity index (χ4v) is 3.56. The molecule has 0 saturated carbocycles. The molecule has 6 heteroatoms. The van der Waals surface area contributed by atoms with Crippen LogP contribution in [0.1, 0.15) is 62.3 Å². The van der Waals surface area contributed by atoms with Gasteiger partial charge in [-0.15, -0.1) is 0 Å². The second kappa shape index (κ2) is 7.11. The summed E-state index contributed by atoms with van der Waals surface area (Å²) >= 11 is 0. The van der Waals surface area contributed by atoms with E-state index in [1.54, 1.807) is 0 Å². The van der Waals surface area contributed by atoms with E-state index in [9.17, 15) is 4.80 Å². The first kappa shape index (κ1) is 22.0. The fourth-order valence-electron chi connectivity index (χ4n) is 1.19. The maximum Gasteiger partial charge on any atom is 1.00 e. The van der Waals surface area contributed by atoms with Crippen molar-refractivity contribution in [3.05, 3.63) is 0 Å². The quantitative estimate of drug-likeness (QED) is 0.643. The van der Waals surface area contributed by atoms with Crippen LogP contribution in [0.3, 0.4) is 0 Å². The van der Waals surface area contributed by atoms with E-state index in [4.69, 9.17) is 13.3 Å². The van der Waals surface area contributed by atoms with E-state index in [1.165, 1.54) is 0 Å². The Bertz CT molecular complexity index is 209. The number of hydrogen-bond donors (Lipinski definition) is 0. The Labute approximate surface area is 156 Å². The molecule has 0 fully saturated rings. The monoisotopic (exact) mass is 302 g/mol. The van der Waals surface area contributed by atoms with Crippen LogP contribution in [-0.4, -0.2) is 25.9 Å². The Morgan fingerprint density at radius 1 is 0.611 bits per heavy atom. The normalized spacial score (nSPS) is 14.3. The van der Waals surface area contributed by atoms with Crippen molar-refractivity contribution in [1.82, 2.24) is 0 Å². The summed E-state index contributed by atoms with van der Waals surface area (Å²) in [7, 11) is -3.91. The summed E-state index contributed by atoms with van der Waals surface area (Å²) in [5.41, 5.74) is -1.74. The van der Waals surface area contributed by atoms with Crippen LogP contribution in [0, 0.1) is 0 Å². The van der Waals surface area contributed by atoms with Crippen LogP contribution in [0.5, 0.6) is 0 Å². The van der Waals surface area contributed by atoms with Crippen molar-refractivity contribution in [2.24, 2.45) is 0 Å². The molecule has 0 atom stereocenters. The first-order valence-corrected chi connectivity index (χ1v) is 7.56. The zero-order valence-corrected chi connectivity index (χ0v) is 17.8. The van der Waals surface area contributed by atoms with Gasteiger partial charge in [-0.25, -0.2) is 0 Å². The van der Waals surface area contributed by atoms with Crippen molar-refractivity contribution in [3.63, 3.8) is 0 Å². The Morgan fingerprint density at radius 2 is 0.778 bits per heavy atom. The summed E-state index contributed by atoms with van der Waals surface area (Å²) in [6.45, 7) is 16.4. The van der Waals surface area contributed by atoms with Crippen molar-refractivity contribution < 1.29 is 69.5 Å². The molecule has 0 aliphatic carbocycles. The molecule has 0 heterocycles. The van der Waals surface area contributed by atoms with Crippen LogP contribution in [0.2, 0.25) is 0 Å². The average Bonchev–Trinajstić information content (AvgIpc) is 1.65. The Kier molecular flexibility index (Phi) is 8.68. The summed E-state index contributed by atoms with van der Waals surface area (Å²) < 4.78 is 16.5. The van der Waals surface area contributed by atoms with E-state index in [2.05, 4.69) is 0 Å². The molecule has 0 aromatic heterocycles. The van der Waals surface area contributed by atoms with E-state index >= 15 is 0 Å². The molecule has 18 heavy (non-hydrogen) atoms. The van der Waals surface area contributed by atoms with Gasteiger partial charge in [-0.05, 0) is 62.3 Å². The number of hydrogen-bond acceptors (Lipinski definition) is 4. The molecule has 0 spiro atoms. The van der Waals surface area contributed by atoms with Gasteiger partial charge in [-0.1, -0.05) is 0 Å². The Morgan fingerprint density at radius 3 is 0.889 bits per heavy atom. The first-order valence-electron chi connectivity index (χ1n) is 5.93. The van der Waals surface area contributed by atoms with Gasteiger partial charge in [-0.3, -0.25) is 0 Å². The second-order valence-electron chi connectivity index (χ2n) is 7.14. The average molecular weight is 303 g/mol. The van der Waals surface area contributed by atoms with Gasteiger partial charge in [0.05, 0.1) is 16.8 Å². The third kappa shape index (κ3) is 12.7. The van der Waals surface area contributed by atoms with Gasteiger partial charge in [0.2, 0.25) is 0 Å². The predicted octanol–water partition coefficient (Wildman–Crippen LogP) is -0.768. The van der Waals surface area contributed by atoms with Gasteiger partial charge < -0.3 is 18.1 Å². The summed E-state index contributed by atoms with van der Waals surface area (Å²) in [4.78, 5) is 12.6. The molecule has 4 nitrogen and oxygen atoms in total. The molecule has 0 unspecified atom stereocenters. The maximum absolute atomic E-state index is 12.6. The van der Waals surface area contributed by atoms with Crippen LogP contribution in [-0.2, 0) is 13.3 Å². The molecule has 0 radical (unpaired) electrons. The minimum atomic E-state index is -3.91.